The van der Waals surface area contributed by atoms with Gasteiger partial charge in [-0.2, -0.15) is 5.26 Å². The van der Waals surface area contributed by atoms with E-state index in [0.717, 1.165) is 24.2 Å². The van der Waals surface area contributed by atoms with Crippen molar-refractivity contribution in [3.05, 3.63) is 35.4 Å². The van der Waals surface area contributed by atoms with Crippen LogP contribution in [0.4, 0.5) is 4.79 Å². The van der Waals surface area contributed by atoms with Crippen molar-refractivity contribution in [2.75, 3.05) is 6.54 Å². The SMILES string of the molecule is CC1CCCC(C)N1C(=O)CN1C(=O)NC(C)(c2ccc(C#N)cc2)C1=O. The fraction of sp³-hybridized carbons (Fsp3) is 0.500. The van der Waals surface area contributed by atoms with Crippen LogP contribution < -0.4 is 5.32 Å². The lowest BCUT2D eigenvalue weighted by molar-refractivity contribution is -0.142. The molecule has 0 aliphatic carbocycles. The maximum Gasteiger partial charge on any atom is 0.325 e. The molecule has 2 aliphatic rings. The minimum Gasteiger partial charge on any atom is -0.336 e. The van der Waals surface area contributed by atoms with E-state index in [9.17, 15) is 14.4 Å². The molecule has 0 aromatic heterocycles. The second kappa shape index (κ2) is 7.03. The van der Waals surface area contributed by atoms with Gasteiger partial charge in [0.25, 0.3) is 5.91 Å². The smallest absolute Gasteiger partial charge is 0.325 e. The number of hydrogen-bond donors (Lipinski definition) is 1. The highest BCUT2D eigenvalue weighted by atomic mass is 16.2. The molecule has 7 nitrogen and oxygen atoms in total. The summed E-state index contributed by atoms with van der Waals surface area (Å²) in [6.45, 7) is 5.36. The van der Waals surface area contributed by atoms with E-state index in [-0.39, 0.29) is 24.5 Å². The summed E-state index contributed by atoms with van der Waals surface area (Å²) in [5, 5.41) is 11.6. The van der Waals surface area contributed by atoms with Crippen LogP contribution in [-0.4, -0.2) is 46.3 Å². The molecule has 3 unspecified atom stereocenters. The van der Waals surface area contributed by atoms with Crippen LogP contribution in [0, 0.1) is 11.3 Å². The Hall–Kier alpha value is -2.88. The molecular weight excluding hydrogens is 344 g/mol. The Bertz CT molecular complexity index is 804. The predicted molar refractivity (Wildman–Crippen MR) is 98.4 cm³/mol. The third-order valence-electron chi connectivity index (χ3n) is 5.64. The van der Waals surface area contributed by atoms with Crippen molar-refractivity contribution >= 4 is 17.8 Å². The van der Waals surface area contributed by atoms with Crippen LogP contribution in [0.2, 0.25) is 0 Å². The maximum absolute atomic E-state index is 13.0. The quantitative estimate of drug-likeness (QED) is 0.827. The van der Waals surface area contributed by atoms with Gasteiger partial charge in [0.1, 0.15) is 12.1 Å². The van der Waals surface area contributed by atoms with Crippen LogP contribution in [0.15, 0.2) is 24.3 Å². The molecule has 1 N–H and O–H groups in total. The molecule has 2 saturated heterocycles. The zero-order valence-electron chi connectivity index (χ0n) is 15.9. The van der Waals surface area contributed by atoms with Gasteiger partial charge in [-0.1, -0.05) is 12.1 Å². The minimum absolute atomic E-state index is 0.104. The normalized spacial score (nSPS) is 28.1. The molecule has 1 aromatic rings. The molecule has 3 atom stereocenters. The Kier molecular flexibility index (Phi) is 4.92. The van der Waals surface area contributed by atoms with Crippen molar-refractivity contribution < 1.29 is 14.4 Å². The van der Waals surface area contributed by atoms with Gasteiger partial charge in [-0.25, -0.2) is 4.79 Å². The van der Waals surface area contributed by atoms with E-state index < -0.39 is 17.5 Å². The van der Waals surface area contributed by atoms with E-state index in [0.29, 0.717) is 11.1 Å². The summed E-state index contributed by atoms with van der Waals surface area (Å²) in [5.41, 5.74) is -0.196. The Balaban J connectivity index is 1.79. The standard InChI is InChI=1S/C20H24N4O3/c1-13-5-4-6-14(2)24(13)17(25)12-23-18(26)20(3,22-19(23)27)16-9-7-15(11-21)8-10-16/h7-10,13-14H,4-6,12H2,1-3H3,(H,22,27). The Morgan fingerprint density at radius 3 is 2.37 bits per heavy atom. The number of nitrogens with one attached hydrogen (secondary N) is 1. The molecule has 27 heavy (non-hydrogen) atoms. The Labute approximate surface area is 158 Å². The first-order valence-electron chi connectivity index (χ1n) is 9.24. The monoisotopic (exact) mass is 368 g/mol. The van der Waals surface area contributed by atoms with E-state index in [4.69, 9.17) is 5.26 Å². The van der Waals surface area contributed by atoms with Crippen LogP contribution in [-0.2, 0) is 15.1 Å². The van der Waals surface area contributed by atoms with Crippen molar-refractivity contribution in [3.8, 4) is 6.07 Å². The summed E-state index contributed by atoms with van der Waals surface area (Å²) in [6.07, 6.45) is 2.93. The molecular formula is C20H24N4O3. The third-order valence-corrected chi connectivity index (χ3v) is 5.64. The van der Waals surface area contributed by atoms with Crippen molar-refractivity contribution in [1.82, 2.24) is 15.1 Å². The first kappa shape index (κ1) is 18.9. The van der Waals surface area contributed by atoms with Crippen LogP contribution >= 0.6 is 0 Å². The number of rotatable bonds is 3. The van der Waals surface area contributed by atoms with Gasteiger partial charge in [0, 0.05) is 12.1 Å². The van der Waals surface area contributed by atoms with Crippen LogP contribution in [0.1, 0.15) is 51.2 Å². The van der Waals surface area contributed by atoms with Gasteiger partial charge in [-0.3, -0.25) is 14.5 Å². The molecule has 7 heteroatoms. The highest BCUT2D eigenvalue weighted by Crippen LogP contribution is 2.30. The zero-order valence-corrected chi connectivity index (χ0v) is 15.9. The molecule has 2 heterocycles. The van der Waals surface area contributed by atoms with E-state index >= 15 is 0 Å². The van der Waals surface area contributed by atoms with Crippen LogP contribution in [0.25, 0.3) is 0 Å². The van der Waals surface area contributed by atoms with Gasteiger partial charge < -0.3 is 10.2 Å². The summed E-state index contributed by atoms with van der Waals surface area (Å²) in [7, 11) is 0. The average molecular weight is 368 g/mol. The molecule has 3 rings (SSSR count). The Morgan fingerprint density at radius 1 is 1.22 bits per heavy atom. The number of imide groups is 1. The number of hydrogen-bond acceptors (Lipinski definition) is 4. The lowest BCUT2D eigenvalue weighted by Gasteiger charge is -2.39. The van der Waals surface area contributed by atoms with Crippen molar-refractivity contribution in [2.45, 2.75) is 57.7 Å². The molecule has 0 bridgehead atoms. The number of carbonyl (C=O) groups is 3. The molecule has 2 fully saturated rings. The number of piperidine rings is 1. The zero-order chi connectivity index (χ0) is 19.8. The van der Waals surface area contributed by atoms with E-state index in [1.807, 2.05) is 19.9 Å². The van der Waals surface area contributed by atoms with E-state index in [1.54, 1.807) is 36.1 Å². The fourth-order valence-corrected chi connectivity index (χ4v) is 4.04. The summed E-state index contributed by atoms with van der Waals surface area (Å²) >= 11 is 0. The largest absolute Gasteiger partial charge is 0.336 e. The summed E-state index contributed by atoms with van der Waals surface area (Å²) in [6, 6.07) is 8.16. The first-order valence-corrected chi connectivity index (χ1v) is 9.24. The molecule has 142 valence electrons. The van der Waals surface area contributed by atoms with Crippen molar-refractivity contribution in [1.29, 1.82) is 5.26 Å². The minimum atomic E-state index is -1.25. The van der Waals surface area contributed by atoms with Gasteiger partial charge in [0.15, 0.2) is 0 Å². The van der Waals surface area contributed by atoms with Crippen molar-refractivity contribution in [2.24, 2.45) is 0 Å². The molecule has 0 radical (unpaired) electrons. The molecule has 2 aliphatic heterocycles. The van der Waals surface area contributed by atoms with Crippen LogP contribution in [0.3, 0.4) is 0 Å². The number of benzene rings is 1. The third kappa shape index (κ3) is 3.27. The molecule has 0 saturated carbocycles. The topological polar surface area (TPSA) is 93.5 Å². The summed E-state index contributed by atoms with van der Waals surface area (Å²) in [5.74, 6) is -0.662. The summed E-state index contributed by atoms with van der Waals surface area (Å²) in [4.78, 5) is 41.0. The maximum atomic E-state index is 13.0. The van der Waals surface area contributed by atoms with Gasteiger partial charge in [-0.05, 0) is 57.7 Å². The van der Waals surface area contributed by atoms with Gasteiger partial charge in [-0.15, -0.1) is 0 Å². The second-order valence-corrected chi connectivity index (χ2v) is 7.57. The predicted octanol–water partition coefficient (Wildman–Crippen LogP) is 2.11. The lowest BCUT2D eigenvalue weighted by Crippen LogP contribution is -2.52. The van der Waals surface area contributed by atoms with Gasteiger partial charge in [0.2, 0.25) is 5.91 Å². The number of carbonyl (C=O) groups excluding carboxylic acids is 3. The summed E-state index contributed by atoms with van der Waals surface area (Å²) < 4.78 is 0. The highest BCUT2D eigenvalue weighted by molar-refractivity contribution is 6.09. The van der Waals surface area contributed by atoms with Crippen LogP contribution in [0.5, 0.6) is 0 Å². The number of likely N-dealkylation sites (tertiary alicyclic amines) is 1. The number of nitrogens with zero attached hydrogens (tertiary/aromatic N) is 3. The lowest BCUT2D eigenvalue weighted by atomic mass is 9.91. The number of urea groups is 1. The molecule has 4 amide bonds. The second-order valence-electron chi connectivity index (χ2n) is 7.57. The number of nitriles is 1. The molecule has 1 aromatic carbocycles. The van der Waals surface area contributed by atoms with E-state index in [1.165, 1.54) is 0 Å². The molecule has 0 spiro atoms. The Morgan fingerprint density at radius 2 is 1.81 bits per heavy atom. The van der Waals surface area contributed by atoms with Crippen molar-refractivity contribution in [3.63, 3.8) is 0 Å². The average Bonchev–Trinajstić information content (AvgIpc) is 2.86. The van der Waals surface area contributed by atoms with E-state index in [2.05, 4.69) is 5.32 Å². The van der Waals surface area contributed by atoms with Gasteiger partial charge >= 0.3 is 6.03 Å². The fourth-order valence-electron chi connectivity index (χ4n) is 4.04. The number of amides is 4. The van der Waals surface area contributed by atoms with Gasteiger partial charge in [0.05, 0.1) is 11.6 Å². The highest BCUT2D eigenvalue weighted by Gasteiger charge is 2.50. The first-order chi connectivity index (χ1) is 12.8.